The SMILES string of the molecule is CC(=O)N[C@@H](C=CC(C)(C)C(=O)O)Cc1c[nH]c2ccccc12. The summed E-state index contributed by atoms with van der Waals surface area (Å²) >= 11 is 0. The van der Waals surface area contributed by atoms with Crippen LogP contribution in [0.4, 0.5) is 0 Å². The van der Waals surface area contributed by atoms with Gasteiger partial charge in [0.2, 0.25) is 5.91 Å². The van der Waals surface area contributed by atoms with Crippen molar-refractivity contribution in [1.82, 2.24) is 10.3 Å². The van der Waals surface area contributed by atoms with Crippen LogP contribution in [0.2, 0.25) is 0 Å². The van der Waals surface area contributed by atoms with Gasteiger partial charge in [0.15, 0.2) is 0 Å². The normalized spacial score (nSPS) is 13.3. The van der Waals surface area contributed by atoms with E-state index in [0.29, 0.717) is 6.42 Å². The average molecular weight is 314 g/mol. The predicted octanol–water partition coefficient (Wildman–Crippen LogP) is 2.88. The second-order valence-corrected chi connectivity index (χ2v) is 6.26. The third-order valence-corrected chi connectivity index (χ3v) is 3.80. The monoisotopic (exact) mass is 314 g/mol. The van der Waals surface area contributed by atoms with Crippen LogP contribution in [0.5, 0.6) is 0 Å². The van der Waals surface area contributed by atoms with Gasteiger partial charge in [-0.05, 0) is 31.9 Å². The number of carboxylic acid groups (broad SMARTS) is 1. The number of aromatic amines is 1. The zero-order chi connectivity index (χ0) is 17.0. The number of aliphatic carboxylic acids is 1. The molecule has 0 saturated carbocycles. The molecule has 2 rings (SSSR count). The zero-order valence-corrected chi connectivity index (χ0v) is 13.6. The van der Waals surface area contributed by atoms with Crippen LogP contribution < -0.4 is 5.32 Å². The Morgan fingerprint density at radius 3 is 2.70 bits per heavy atom. The number of nitrogens with one attached hydrogen (secondary N) is 2. The molecule has 1 amide bonds. The lowest BCUT2D eigenvalue weighted by Crippen LogP contribution is -2.34. The molecule has 1 atom stereocenters. The van der Waals surface area contributed by atoms with Crippen molar-refractivity contribution in [3.8, 4) is 0 Å². The Hall–Kier alpha value is -2.56. The van der Waals surface area contributed by atoms with Gasteiger partial charge in [-0.2, -0.15) is 0 Å². The Morgan fingerprint density at radius 2 is 2.04 bits per heavy atom. The van der Waals surface area contributed by atoms with Gasteiger partial charge in [-0.25, -0.2) is 0 Å². The molecular formula is C18H22N2O3. The van der Waals surface area contributed by atoms with Gasteiger partial charge in [-0.15, -0.1) is 0 Å². The largest absolute Gasteiger partial charge is 0.481 e. The van der Waals surface area contributed by atoms with Crippen molar-refractivity contribution in [2.75, 3.05) is 0 Å². The van der Waals surface area contributed by atoms with E-state index < -0.39 is 11.4 Å². The summed E-state index contributed by atoms with van der Waals surface area (Å²) in [5.74, 6) is -1.05. The molecule has 0 aliphatic heterocycles. The maximum atomic E-state index is 11.4. The molecule has 5 heteroatoms. The van der Waals surface area contributed by atoms with Gasteiger partial charge >= 0.3 is 5.97 Å². The number of carbonyl (C=O) groups is 2. The quantitative estimate of drug-likeness (QED) is 0.717. The van der Waals surface area contributed by atoms with Crippen LogP contribution in [0.25, 0.3) is 10.9 Å². The van der Waals surface area contributed by atoms with Gasteiger partial charge in [0, 0.05) is 24.0 Å². The van der Waals surface area contributed by atoms with Gasteiger partial charge in [0.1, 0.15) is 0 Å². The van der Waals surface area contributed by atoms with Crippen LogP contribution in [0.3, 0.4) is 0 Å². The molecule has 23 heavy (non-hydrogen) atoms. The summed E-state index contributed by atoms with van der Waals surface area (Å²) in [6, 6.07) is 7.69. The number of aromatic nitrogens is 1. The molecule has 3 N–H and O–H groups in total. The highest BCUT2D eigenvalue weighted by molar-refractivity contribution is 5.83. The number of rotatable bonds is 6. The van der Waals surface area contributed by atoms with E-state index in [9.17, 15) is 14.7 Å². The first-order valence-corrected chi connectivity index (χ1v) is 7.54. The van der Waals surface area contributed by atoms with Crippen LogP contribution in [-0.4, -0.2) is 28.0 Å². The summed E-state index contributed by atoms with van der Waals surface area (Å²) < 4.78 is 0. The number of carbonyl (C=O) groups excluding carboxylic acids is 1. The van der Waals surface area contributed by atoms with E-state index in [1.54, 1.807) is 26.0 Å². The lowest BCUT2D eigenvalue weighted by molar-refractivity contribution is -0.144. The molecule has 5 nitrogen and oxygen atoms in total. The van der Waals surface area contributed by atoms with Crippen molar-refractivity contribution < 1.29 is 14.7 Å². The van der Waals surface area contributed by atoms with Crippen LogP contribution in [0.1, 0.15) is 26.3 Å². The Labute approximate surface area is 135 Å². The summed E-state index contributed by atoms with van der Waals surface area (Å²) in [5, 5.41) is 13.2. The summed E-state index contributed by atoms with van der Waals surface area (Å²) in [5.41, 5.74) is 1.15. The third-order valence-electron chi connectivity index (χ3n) is 3.80. The first-order valence-electron chi connectivity index (χ1n) is 7.54. The molecule has 0 aliphatic rings. The molecule has 0 bridgehead atoms. The van der Waals surface area contributed by atoms with E-state index in [0.717, 1.165) is 16.5 Å². The van der Waals surface area contributed by atoms with E-state index in [4.69, 9.17) is 0 Å². The van der Waals surface area contributed by atoms with Crippen molar-refractivity contribution in [3.63, 3.8) is 0 Å². The molecule has 0 spiro atoms. The van der Waals surface area contributed by atoms with E-state index >= 15 is 0 Å². The van der Waals surface area contributed by atoms with E-state index in [2.05, 4.69) is 10.3 Å². The molecule has 0 aliphatic carbocycles. The van der Waals surface area contributed by atoms with Gasteiger partial charge < -0.3 is 15.4 Å². The fourth-order valence-corrected chi connectivity index (χ4v) is 2.39. The first-order chi connectivity index (χ1) is 10.8. The molecule has 0 saturated heterocycles. The maximum Gasteiger partial charge on any atom is 0.312 e. The van der Waals surface area contributed by atoms with Crippen molar-refractivity contribution in [2.45, 2.75) is 33.2 Å². The number of hydrogen-bond donors (Lipinski definition) is 3. The summed E-state index contributed by atoms with van der Waals surface area (Å²) in [7, 11) is 0. The Bertz CT molecular complexity index is 744. The number of para-hydroxylation sites is 1. The van der Waals surface area contributed by atoms with Crippen molar-refractivity contribution in [3.05, 3.63) is 48.2 Å². The number of H-pyrrole nitrogens is 1. The number of carboxylic acids is 1. The van der Waals surface area contributed by atoms with Crippen molar-refractivity contribution in [2.24, 2.45) is 5.41 Å². The molecular weight excluding hydrogens is 292 g/mol. The second-order valence-electron chi connectivity index (χ2n) is 6.26. The van der Waals surface area contributed by atoms with Crippen molar-refractivity contribution >= 4 is 22.8 Å². The summed E-state index contributed by atoms with van der Waals surface area (Å²) in [4.78, 5) is 25.8. The molecule has 122 valence electrons. The van der Waals surface area contributed by atoms with Crippen LogP contribution >= 0.6 is 0 Å². The highest BCUT2D eigenvalue weighted by atomic mass is 16.4. The Morgan fingerprint density at radius 1 is 1.35 bits per heavy atom. The molecule has 1 aromatic carbocycles. The van der Waals surface area contributed by atoms with Crippen molar-refractivity contribution in [1.29, 1.82) is 0 Å². The first kappa shape index (κ1) is 16.8. The average Bonchev–Trinajstić information content (AvgIpc) is 2.87. The fraction of sp³-hybridized carbons (Fsp3) is 0.333. The minimum Gasteiger partial charge on any atom is -0.481 e. The maximum absolute atomic E-state index is 11.4. The van der Waals surface area contributed by atoms with Gasteiger partial charge in [0.05, 0.1) is 11.5 Å². The topological polar surface area (TPSA) is 82.2 Å². The van der Waals surface area contributed by atoms with Gasteiger partial charge in [0.25, 0.3) is 0 Å². The standard InChI is InChI=1S/C18H22N2O3/c1-12(21)20-14(8-9-18(2,3)17(22)23)10-13-11-19-16-7-5-4-6-15(13)16/h4-9,11,14,19H,10H2,1-3H3,(H,20,21)(H,22,23)/t14-/m0/s1. The Balaban J connectivity index is 2.24. The van der Waals surface area contributed by atoms with Gasteiger partial charge in [-0.1, -0.05) is 30.4 Å². The van der Waals surface area contributed by atoms with E-state index in [1.807, 2.05) is 30.5 Å². The number of fused-ring (bicyclic) bond motifs is 1. The van der Waals surface area contributed by atoms with Crippen LogP contribution in [0, 0.1) is 5.41 Å². The highest BCUT2D eigenvalue weighted by Crippen LogP contribution is 2.21. The lowest BCUT2D eigenvalue weighted by atomic mass is 9.92. The van der Waals surface area contributed by atoms with E-state index in [-0.39, 0.29) is 11.9 Å². The predicted molar refractivity (Wildman–Crippen MR) is 90.2 cm³/mol. The smallest absolute Gasteiger partial charge is 0.312 e. The number of hydrogen-bond acceptors (Lipinski definition) is 2. The van der Waals surface area contributed by atoms with Gasteiger partial charge in [-0.3, -0.25) is 9.59 Å². The Kier molecular flexibility index (Phi) is 4.89. The summed E-state index contributed by atoms with van der Waals surface area (Å²) in [6.07, 6.45) is 5.91. The second kappa shape index (κ2) is 6.69. The molecule has 2 aromatic rings. The van der Waals surface area contributed by atoms with E-state index in [1.165, 1.54) is 6.92 Å². The number of amides is 1. The minimum absolute atomic E-state index is 0.146. The third kappa shape index (κ3) is 4.22. The zero-order valence-electron chi connectivity index (χ0n) is 13.6. The molecule has 0 radical (unpaired) electrons. The number of benzene rings is 1. The molecule has 1 aromatic heterocycles. The molecule has 0 unspecified atom stereocenters. The molecule has 1 heterocycles. The summed E-state index contributed by atoms with van der Waals surface area (Å²) in [6.45, 7) is 4.71. The minimum atomic E-state index is -0.975. The fourth-order valence-electron chi connectivity index (χ4n) is 2.39. The van der Waals surface area contributed by atoms with Crippen LogP contribution in [0.15, 0.2) is 42.6 Å². The molecule has 0 fully saturated rings. The lowest BCUT2D eigenvalue weighted by Gasteiger charge is -2.17. The highest BCUT2D eigenvalue weighted by Gasteiger charge is 2.24. The van der Waals surface area contributed by atoms with Crippen LogP contribution in [-0.2, 0) is 16.0 Å².